The number of ketones is 1. The van der Waals surface area contributed by atoms with Gasteiger partial charge in [0.05, 0.1) is 11.9 Å². The smallest absolute Gasteiger partial charge is 0.111 e. The Kier molecular flexibility index (Phi) is 12.5. The number of hydrogen-bond acceptors (Lipinski definition) is 3. The SMILES string of the molecule is [CH2-]C(CC(C)(C)C)C(=O)C(C)(C)C.[CH2-]CCCn1nncc1C.[Y]. The molecule has 1 radical (unpaired) electrons. The topological polar surface area (TPSA) is 47.8 Å². The van der Waals surface area contributed by atoms with Crippen molar-refractivity contribution >= 4 is 5.78 Å². The molecule has 5 heteroatoms. The summed E-state index contributed by atoms with van der Waals surface area (Å²) in [6, 6.07) is 0. The third-order valence-corrected chi connectivity index (χ3v) is 3.40. The molecule has 0 amide bonds. The predicted octanol–water partition coefficient (Wildman–Crippen LogP) is 4.69. The number of rotatable bonds is 5. The van der Waals surface area contributed by atoms with Gasteiger partial charge in [-0.1, -0.05) is 59.6 Å². The van der Waals surface area contributed by atoms with E-state index in [1.165, 1.54) is 0 Å². The van der Waals surface area contributed by atoms with Crippen LogP contribution in [0.1, 0.15) is 66.5 Å². The van der Waals surface area contributed by atoms with Gasteiger partial charge in [-0.05, 0) is 12.3 Å². The van der Waals surface area contributed by atoms with Crippen LogP contribution in [0, 0.1) is 37.5 Å². The molecule has 0 aliphatic carbocycles. The van der Waals surface area contributed by atoms with Gasteiger partial charge in [-0.2, -0.15) is 6.42 Å². The summed E-state index contributed by atoms with van der Waals surface area (Å²) in [4.78, 5) is 11.8. The van der Waals surface area contributed by atoms with Gasteiger partial charge in [0.25, 0.3) is 0 Å². The van der Waals surface area contributed by atoms with E-state index in [0.717, 1.165) is 31.5 Å². The molecule has 1 aromatic rings. The van der Waals surface area contributed by atoms with E-state index < -0.39 is 0 Å². The number of carbonyl (C=O) groups is 1. The molecule has 4 nitrogen and oxygen atoms in total. The Morgan fingerprint density at radius 1 is 1.25 bits per heavy atom. The number of carbonyl (C=O) groups excluding carboxylic acids is 1. The zero-order chi connectivity index (χ0) is 18.3. The van der Waals surface area contributed by atoms with E-state index in [1.54, 1.807) is 6.20 Å². The van der Waals surface area contributed by atoms with Crippen LogP contribution in [0.2, 0.25) is 0 Å². The van der Waals surface area contributed by atoms with E-state index in [0.29, 0.717) is 0 Å². The van der Waals surface area contributed by atoms with Gasteiger partial charge in [-0.15, -0.1) is 11.0 Å². The van der Waals surface area contributed by atoms with Crippen LogP contribution in [-0.4, -0.2) is 20.8 Å². The van der Waals surface area contributed by atoms with Crippen molar-refractivity contribution in [2.24, 2.45) is 16.7 Å². The molecule has 0 saturated carbocycles. The maximum atomic E-state index is 11.8. The molecule has 137 valence electrons. The van der Waals surface area contributed by atoms with Crippen LogP contribution in [0.5, 0.6) is 0 Å². The van der Waals surface area contributed by atoms with Gasteiger partial charge < -0.3 is 18.6 Å². The number of nitrogens with zero attached hydrogens (tertiary/aromatic N) is 3. The van der Waals surface area contributed by atoms with Crippen LogP contribution < -0.4 is 0 Å². The monoisotopic (exact) mass is 410 g/mol. The molecule has 0 aromatic carbocycles. The van der Waals surface area contributed by atoms with Crippen molar-refractivity contribution in [3.63, 3.8) is 0 Å². The van der Waals surface area contributed by atoms with Crippen LogP contribution >= 0.6 is 0 Å². The first kappa shape index (κ1) is 26.1. The average molecular weight is 410 g/mol. The van der Waals surface area contributed by atoms with E-state index in [9.17, 15) is 4.79 Å². The summed E-state index contributed by atoms with van der Waals surface area (Å²) in [5, 5.41) is 7.66. The Morgan fingerprint density at radius 2 is 1.79 bits per heavy atom. The molecule has 1 unspecified atom stereocenters. The number of Topliss-reactive ketones (excluding diaryl/α,β-unsaturated/α-hetero) is 1. The van der Waals surface area contributed by atoms with E-state index in [4.69, 9.17) is 0 Å². The Bertz CT molecular complexity index is 470. The van der Waals surface area contributed by atoms with E-state index in [1.807, 2.05) is 32.4 Å². The summed E-state index contributed by atoms with van der Waals surface area (Å²) in [5.41, 5.74) is 1.05. The normalized spacial score (nSPS) is 12.7. The van der Waals surface area contributed by atoms with Crippen molar-refractivity contribution in [3.8, 4) is 0 Å². The quantitative estimate of drug-likeness (QED) is 0.662. The van der Waals surface area contributed by atoms with Crippen LogP contribution in [0.3, 0.4) is 0 Å². The molecule has 1 atom stereocenters. The minimum atomic E-state index is -0.252. The molecule has 0 aliphatic rings. The van der Waals surface area contributed by atoms with Crippen molar-refractivity contribution < 1.29 is 37.5 Å². The zero-order valence-electron chi connectivity index (χ0n) is 16.7. The molecule has 0 aliphatic heterocycles. The minimum absolute atomic E-state index is 0. The summed E-state index contributed by atoms with van der Waals surface area (Å²) in [6.07, 6.45) is 4.66. The third-order valence-electron chi connectivity index (χ3n) is 3.40. The van der Waals surface area contributed by atoms with E-state index in [2.05, 4.69) is 44.9 Å². The summed E-state index contributed by atoms with van der Waals surface area (Å²) >= 11 is 0. The second-order valence-corrected chi connectivity index (χ2v) is 8.38. The summed E-state index contributed by atoms with van der Waals surface area (Å²) < 4.78 is 1.89. The van der Waals surface area contributed by atoms with Crippen LogP contribution in [0.4, 0.5) is 0 Å². The maximum absolute atomic E-state index is 11.8. The Labute approximate surface area is 174 Å². The fourth-order valence-corrected chi connectivity index (χ4v) is 2.24. The van der Waals surface area contributed by atoms with E-state index in [-0.39, 0.29) is 55.2 Å². The molecule has 0 spiro atoms. The zero-order valence-corrected chi connectivity index (χ0v) is 19.6. The number of aryl methyl sites for hydroxylation is 2. The molecule has 0 N–H and O–H groups in total. The van der Waals surface area contributed by atoms with Gasteiger partial charge in [-0.25, -0.2) is 4.68 Å². The Balaban J connectivity index is 0. The van der Waals surface area contributed by atoms with Crippen molar-refractivity contribution in [1.82, 2.24) is 15.0 Å². The van der Waals surface area contributed by atoms with Crippen molar-refractivity contribution in [1.29, 1.82) is 0 Å². The van der Waals surface area contributed by atoms with E-state index >= 15 is 0 Å². The van der Waals surface area contributed by atoms with Crippen molar-refractivity contribution in [2.75, 3.05) is 0 Å². The fraction of sp³-hybridized carbons (Fsp3) is 0.737. The average Bonchev–Trinajstić information content (AvgIpc) is 2.78. The summed E-state index contributed by atoms with van der Waals surface area (Å²) in [7, 11) is 0. The second kappa shape index (κ2) is 11.5. The van der Waals surface area contributed by atoms with Gasteiger partial charge in [0, 0.05) is 44.7 Å². The minimum Gasteiger partial charge on any atom is -0.343 e. The molecule has 0 fully saturated rings. The molecular formula is C19H35N3OY-2. The standard InChI is InChI=1S/C12H23O.C7H12N3.Y/c1-9(8-11(2,3)4)10(13)12(5,6)7;1-3-4-5-10-7(2)6-8-9-10;/h9H,1,8H2,2-7H3;6H,1,3-5H2,2H3;/q2*-1;. The van der Waals surface area contributed by atoms with Crippen LogP contribution in [0.15, 0.2) is 6.20 Å². The number of unbranched alkanes of at least 4 members (excludes halogenated alkanes) is 1. The predicted molar refractivity (Wildman–Crippen MR) is 96.7 cm³/mol. The summed E-state index contributed by atoms with van der Waals surface area (Å²) in [6.45, 7) is 22.9. The van der Waals surface area contributed by atoms with Gasteiger partial charge in [-0.3, -0.25) is 0 Å². The van der Waals surface area contributed by atoms with Crippen molar-refractivity contribution in [3.05, 3.63) is 25.7 Å². The largest absolute Gasteiger partial charge is 0.343 e. The first-order chi connectivity index (χ1) is 10.4. The van der Waals surface area contributed by atoms with Crippen LogP contribution in [0.25, 0.3) is 0 Å². The Morgan fingerprint density at radius 3 is 2.12 bits per heavy atom. The molecule has 24 heavy (non-hydrogen) atoms. The van der Waals surface area contributed by atoms with Gasteiger partial charge in [0.15, 0.2) is 0 Å². The number of hydrogen-bond donors (Lipinski definition) is 0. The first-order valence-electron chi connectivity index (χ1n) is 8.40. The molecule has 1 rings (SSSR count). The van der Waals surface area contributed by atoms with Crippen molar-refractivity contribution in [2.45, 2.75) is 74.3 Å². The summed E-state index contributed by atoms with van der Waals surface area (Å²) in [5.74, 6) is 0.197. The van der Waals surface area contributed by atoms with Crippen LogP contribution in [-0.2, 0) is 44.0 Å². The molecule has 0 bridgehead atoms. The number of aromatic nitrogens is 3. The molecule has 1 aromatic heterocycles. The maximum Gasteiger partial charge on any atom is 0.111 e. The third kappa shape index (κ3) is 11.5. The van der Waals surface area contributed by atoms with Gasteiger partial charge >= 0.3 is 0 Å². The first-order valence-corrected chi connectivity index (χ1v) is 8.40. The Hall–Kier alpha value is -0.0861. The fourth-order valence-electron chi connectivity index (χ4n) is 2.24. The second-order valence-electron chi connectivity index (χ2n) is 8.38. The van der Waals surface area contributed by atoms with Gasteiger partial charge in [0.1, 0.15) is 5.78 Å². The molecule has 1 heterocycles. The van der Waals surface area contributed by atoms with Gasteiger partial charge in [0.2, 0.25) is 0 Å². The molecular weight excluding hydrogens is 375 g/mol. The molecule has 0 saturated heterocycles.